The van der Waals surface area contributed by atoms with E-state index in [0.29, 0.717) is 6.04 Å². The zero-order valence-corrected chi connectivity index (χ0v) is 19.9. The third-order valence-corrected chi connectivity index (χ3v) is 5.70. The molecule has 0 atom stereocenters. The molecule has 1 fully saturated rings. The summed E-state index contributed by atoms with van der Waals surface area (Å²) in [5.74, 6) is 0. The molecule has 0 aromatic heterocycles. The number of nitrogens with zero attached hydrogens (tertiary/aromatic N) is 1. The lowest BCUT2D eigenvalue weighted by atomic mass is 9.85. The highest BCUT2D eigenvalue weighted by atomic mass is 15.2. The fourth-order valence-electron chi connectivity index (χ4n) is 4.32. The molecule has 0 radical (unpaired) electrons. The first-order chi connectivity index (χ1) is 13.3. The van der Waals surface area contributed by atoms with Crippen LogP contribution in [-0.4, -0.2) is 10.9 Å². The van der Waals surface area contributed by atoms with E-state index >= 15 is 0 Å². The van der Waals surface area contributed by atoms with Crippen LogP contribution in [0.15, 0.2) is 55.3 Å². The van der Waals surface area contributed by atoms with E-state index in [2.05, 4.69) is 90.4 Å². The van der Waals surface area contributed by atoms with Crippen LogP contribution in [0.25, 0.3) is 5.57 Å². The van der Waals surface area contributed by atoms with Gasteiger partial charge >= 0.3 is 0 Å². The van der Waals surface area contributed by atoms with Crippen molar-refractivity contribution in [3.05, 3.63) is 66.4 Å². The molecule has 0 unspecified atom stereocenters. The maximum absolute atomic E-state index is 4.51. The molecule has 29 heavy (non-hydrogen) atoms. The molecular weight excluding hydrogens is 350 g/mol. The average molecular weight is 394 g/mol. The third-order valence-electron chi connectivity index (χ3n) is 5.70. The second kappa shape index (κ2) is 9.37. The van der Waals surface area contributed by atoms with Crippen LogP contribution in [0.5, 0.6) is 0 Å². The minimum absolute atomic E-state index is 0.252. The first-order valence-electron chi connectivity index (χ1n) is 11.2. The molecule has 0 heterocycles. The van der Waals surface area contributed by atoms with E-state index in [4.69, 9.17) is 0 Å². The highest BCUT2D eigenvalue weighted by Crippen LogP contribution is 2.34. The van der Waals surface area contributed by atoms with Crippen molar-refractivity contribution >= 4 is 5.57 Å². The number of benzene rings is 1. The van der Waals surface area contributed by atoms with Crippen LogP contribution in [0.3, 0.4) is 0 Å². The van der Waals surface area contributed by atoms with Gasteiger partial charge in [0.05, 0.1) is 0 Å². The predicted octanol–water partition coefficient (Wildman–Crippen LogP) is 8.39. The Morgan fingerprint density at radius 2 is 1.41 bits per heavy atom. The van der Waals surface area contributed by atoms with E-state index in [9.17, 15) is 0 Å². The fraction of sp³-hybridized carbons (Fsp3) is 0.571. The van der Waals surface area contributed by atoms with Crippen molar-refractivity contribution in [1.29, 1.82) is 0 Å². The van der Waals surface area contributed by atoms with Gasteiger partial charge in [-0.25, -0.2) is 0 Å². The lowest BCUT2D eigenvalue weighted by Gasteiger charge is -2.39. The Kier molecular flexibility index (Phi) is 7.60. The summed E-state index contributed by atoms with van der Waals surface area (Å²) >= 11 is 0. The minimum atomic E-state index is 0.252. The average Bonchev–Trinajstić information content (AvgIpc) is 2.58. The summed E-state index contributed by atoms with van der Waals surface area (Å²) in [6, 6.07) is 9.63. The summed E-state index contributed by atoms with van der Waals surface area (Å²) in [5, 5.41) is 0. The van der Waals surface area contributed by atoms with Gasteiger partial charge in [-0.1, -0.05) is 91.1 Å². The lowest BCUT2D eigenvalue weighted by molar-refractivity contribution is 0.187. The smallest absolute Gasteiger partial charge is 0.0429 e. The number of allylic oxidation sites excluding steroid dienone is 3. The highest BCUT2D eigenvalue weighted by Gasteiger charge is 2.26. The van der Waals surface area contributed by atoms with Gasteiger partial charge in [0.2, 0.25) is 0 Å². The predicted molar refractivity (Wildman–Crippen MR) is 130 cm³/mol. The molecule has 1 aromatic rings. The van der Waals surface area contributed by atoms with E-state index in [1.54, 1.807) is 0 Å². The summed E-state index contributed by atoms with van der Waals surface area (Å²) in [6.07, 6.45) is 6.74. The molecule has 1 aliphatic carbocycles. The zero-order valence-electron chi connectivity index (χ0n) is 19.9. The molecule has 0 N–H and O–H groups in total. The quantitative estimate of drug-likeness (QED) is 0.420. The molecule has 1 heteroatoms. The van der Waals surface area contributed by atoms with Crippen LogP contribution in [-0.2, 0) is 6.54 Å². The summed E-state index contributed by atoms with van der Waals surface area (Å²) < 4.78 is 0. The topological polar surface area (TPSA) is 3.24 Å². The van der Waals surface area contributed by atoms with Crippen molar-refractivity contribution < 1.29 is 0 Å². The molecule has 0 aliphatic heterocycles. The number of hydrogen-bond donors (Lipinski definition) is 0. The van der Waals surface area contributed by atoms with E-state index in [1.165, 1.54) is 40.8 Å². The first kappa shape index (κ1) is 23.5. The Labute approximate surface area is 180 Å². The van der Waals surface area contributed by atoms with Crippen LogP contribution in [0.1, 0.15) is 91.2 Å². The number of rotatable bonds is 7. The molecule has 1 saturated carbocycles. The largest absolute Gasteiger partial charge is 0.368 e. The number of hydrogen-bond acceptors (Lipinski definition) is 1. The molecule has 0 spiro atoms. The van der Waals surface area contributed by atoms with Crippen molar-refractivity contribution in [1.82, 2.24) is 4.90 Å². The van der Waals surface area contributed by atoms with E-state index in [-0.39, 0.29) is 10.8 Å². The van der Waals surface area contributed by atoms with Crippen LogP contribution in [0.4, 0.5) is 0 Å². The van der Waals surface area contributed by atoms with Gasteiger partial charge in [-0.05, 0) is 66.1 Å². The molecule has 0 amide bonds. The van der Waals surface area contributed by atoms with Gasteiger partial charge < -0.3 is 4.90 Å². The molecule has 0 bridgehead atoms. The van der Waals surface area contributed by atoms with Gasteiger partial charge in [-0.3, -0.25) is 0 Å². The van der Waals surface area contributed by atoms with Crippen LogP contribution < -0.4 is 0 Å². The molecular formula is C28H43N. The molecule has 1 aliphatic rings. The fourth-order valence-corrected chi connectivity index (χ4v) is 4.32. The third kappa shape index (κ3) is 7.88. The van der Waals surface area contributed by atoms with Gasteiger partial charge in [0.15, 0.2) is 0 Å². The Morgan fingerprint density at radius 1 is 0.897 bits per heavy atom. The molecule has 2 rings (SSSR count). The van der Waals surface area contributed by atoms with Crippen molar-refractivity contribution in [2.45, 2.75) is 92.7 Å². The lowest BCUT2D eigenvalue weighted by Crippen LogP contribution is -2.36. The summed E-state index contributed by atoms with van der Waals surface area (Å²) in [6.45, 7) is 27.7. The molecule has 1 aromatic carbocycles. The van der Waals surface area contributed by atoms with Crippen molar-refractivity contribution in [2.75, 3.05) is 0 Å². The van der Waals surface area contributed by atoms with Gasteiger partial charge in [-0.15, -0.1) is 0 Å². The summed E-state index contributed by atoms with van der Waals surface area (Å²) in [7, 11) is 0. The summed E-state index contributed by atoms with van der Waals surface area (Å²) in [5.41, 5.74) is 7.05. The Balaban J connectivity index is 2.14. The Morgan fingerprint density at radius 3 is 1.90 bits per heavy atom. The summed E-state index contributed by atoms with van der Waals surface area (Å²) in [4.78, 5) is 2.58. The van der Waals surface area contributed by atoms with Crippen molar-refractivity contribution in [2.24, 2.45) is 10.8 Å². The Hall–Kier alpha value is -1.76. The second-order valence-electron chi connectivity index (χ2n) is 11.5. The van der Waals surface area contributed by atoms with E-state index < -0.39 is 0 Å². The van der Waals surface area contributed by atoms with Gasteiger partial charge in [0, 0.05) is 18.3 Å². The molecule has 0 saturated heterocycles. The maximum atomic E-state index is 4.51. The van der Waals surface area contributed by atoms with Gasteiger partial charge in [-0.2, -0.15) is 0 Å². The Bertz CT molecular complexity index is 711. The molecule has 1 nitrogen and oxygen atoms in total. The highest BCUT2D eigenvalue weighted by molar-refractivity contribution is 5.63. The van der Waals surface area contributed by atoms with Crippen molar-refractivity contribution in [3.63, 3.8) is 0 Å². The van der Waals surface area contributed by atoms with Gasteiger partial charge in [0.1, 0.15) is 0 Å². The standard InChI is InChI=1S/C28H43N/c1-21-10-16-26(17-11-21)29(23(3)19-28(7,8)9)20-24-12-14-25(15-13-24)22(2)18-27(4,5)6/h12-15,26H,1-3,10-11,16-20H2,4-9H3. The zero-order chi connectivity index (χ0) is 21.8. The van der Waals surface area contributed by atoms with Crippen LogP contribution in [0.2, 0.25) is 0 Å². The van der Waals surface area contributed by atoms with Crippen molar-refractivity contribution in [3.8, 4) is 0 Å². The maximum Gasteiger partial charge on any atom is 0.0429 e. The van der Waals surface area contributed by atoms with E-state index in [1.807, 2.05) is 0 Å². The SMILES string of the molecule is C=C1CCC(N(Cc2ccc(C(=C)CC(C)(C)C)cc2)C(=C)CC(C)(C)C)CC1. The minimum Gasteiger partial charge on any atom is -0.368 e. The van der Waals surface area contributed by atoms with E-state index in [0.717, 1.165) is 32.2 Å². The monoisotopic (exact) mass is 393 g/mol. The van der Waals surface area contributed by atoms with Crippen LogP contribution in [0, 0.1) is 10.8 Å². The molecule has 160 valence electrons. The first-order valence-corrected chi connectivity index (χ1v) is 11.2. The second-order valence-corrected chi connectivity index (χ2v) is 11.5. The van der Waals surface area contributed by atoms with Crippen LogP contribution >= 0.6 is 0 Å². The normalized spacial score (nSPS) is 16.0. The van der Waals surface area contributed by atoms with Gasteiger partial charge in [0.25, 0.3) is 0 Å².